The minimum absolute atomic E-state index is 0.0277. The lowest BCUT2D eigenvalue weighted by Gasteiger charge is -2.29. The molecule has 0 radical (unpaired) electrons. The maximum atomic E-state index is 10.6. The molecule has 2 aromatic rings. The van der Waals surface area contributed by atoms with E-state index in [1.165, 1.54) is 36.4 Å². The van der Waals surface area contributed by atoms with Crippen LogP contribution in [0.5, 0.6) is 0 Å². The molecule has 1 heterocycles. The zero-order valence-corrected chi connectivity index (χ0v) is 15.3. The maximum Gasteiger partial charge on any atom is 0.335 e. The molecule has 0 aromatic heterocycles. The van der Waals surface area contributed by atoms with Gasteiger partial charge in [0.25, 0.3) is 0 Å². The van der Waals surface area contributed by atoms with Gasteiger partial charge in [0.1, 0.15) is 0 Å². The fraction of sp³-hybridized carbons (Fsp3) is 0.300. The summed E-state index contributed by atoms with van der Waals surface area (Å²) in [5.41, 5.74) is 8.46. The van der Waals surface area contributed by atoms with Gasteiger partial charge in [-0.05, 0) is 42.3 Å². The number of nitrogens with two attached hydrogens (primary N) is 1. The third kappa shape index (κ3) is 5.54. The number of carboxylic acids is 2. The first kappa shape index (κ1) is 20.4. The number of benzene rings is 2. The summed E-state index contributed by atoms with van der Waals surface area (Å²) >= 11 is 0. The fourth-order valence-corrected chi connectivity index (χ4v) is 2.90. The summed E-state index contributed by atoms with van der Waals surface area (Å²) in [6, 6.07) is 12.7. The average Bonchev–Trinajstić information content (AvgIpc) is 2.69. The van der Waals surface area contributed by atoms with Crippen molar-refractivity contribution in [3.05, 3.63) is 64.7 Å². The van der Waals surface area contributed by atoms with Crippen LogP contribution in [0.3, 0.4) is 0 Å². The standard InChI is InChI=1S/C11H17N3.C9H8O4/c12-9-10-2-1-3-11(8-10)14-6-4-13-5-7-14;1-5-6(8(10)11)3-2-4-7(5)9(12)13/h1-3,8,13H,4-7,9,12H2;2-4H,1H3,(H,10,11)(H,12,13). The molecule has 1 aliphatic heterocycles. The lowest BCUT2D eigenvalue weighted by molar-refractivity contribution is 0.0696. The molecule has 5 N–H and O–H groups in total. The van der Waals surface area contributed by atoms with Gasteiger partial charge in [-0.3, -0.25) is 0 Å². The van der Waals surface area contributed by atoms with Gasteiger partial charge in [0.05, 0.1) is 11.1 Å². The number of nitrogens with one attached hydrogen (secondary N) is 1. The minimum atomic E-state index is -1.11. The second kappa shape index (κ2) is 9.70. The van der Waals surface area contributed by atoms with Crippen molar-refractivity contribution in [3.8, 4) is 0 Å². The van der Waals surface area contributed by atoms with Crippen molar-refractivity contribution >= 4 is 17.6 Å². The van der Waals surface area contributed by atoms with Gasteiger partial charge in [0, 0.05) is 38.4 Å². The summed E-state index contributed by atoms with van der Waals surface area (Å²) in [7, 11) is 0. The Kier molecular flexibility index (Phi) is 7.34. The van der Waals surface area contributed by atoms with Crippen LogP contribution in [0.1, 0.15) is 31.8 Å². The molecule has 1 aliphatic rings. The molecule has 144 valence electrons. The molecule has 0 atom stereocenters. The second-order valence-electron chi connectivity index (χ2n) is 6.20. The Labute approximate surface area is 158 Å². The number of rotatable bonds is 4. The quantitative estimate of drug-likeness (QED) is 0.649. The van der Waals surface area contributed by atoms with Gasteiger partial charge in [-0.1, -0.05) is 18.2 Å². The SMILES string of the molecule is Cc1c(C(=O)O)cccc1C(=O)O.NCc1cccc(N2CCNCC2)c1. The Morgan fingerprint density at radius 3 is 2.11 bits per heavy atom. The Morgan fingerprint density at radius 2 is 1.59 bits per heavy atom. The van der Waals surface area contributed by atoms with Gasteiger partial charge in [0.2, 0.25) is 0 Å². The zero-order valence-electron chi connectivity index (χ0n) is 15.3. The first-order valence-electron chi connectivity index (χ1n) is 8.75. The van der Waals surface area contributed by atoms with Crippen LogP contribution >= 0.6 is 0 Å². The number of hydrogen-bond donors (Lipinski definition) is 4. The highest BCUT2D eigenvalue weighted by Crippen LogP contribution is 2.16. The summed E-state index contributed by atoms with van der Waals surface area (Å²) in [6.45, 7) is 6.44. The van der Waals surface area contributed by atoms with Crippen molar-refractivity contribution < 1.29 is 19.8 Å². The van der Waals surface area contributed by atoms with Crippen LogP contribution < -0.4 is 16.0 Å². The van der Waals surface area contributed by atoms with E-state index >= 15 is 0 Å². The van der Waals surface area contributed by atoms with Gasteiger partial charge in [-0.25, -0.2) is 9.59 Å². The average molecular weight is 371 g/mol. The van der Waals surface area contributed by atoms with Gasteiger partial charge in [0.15, 0.2) is 0 Å². The summed E-state index contributed by atoms with van der Waals surface area (Å²) in [5.74, 6) is -2.22. The zero-order chi connectivity index (χ0) is 19.8. The van der Waals surface area contributed by atoms with Crippen molar-refractivity contribution in [1.82, 2.24) is 5.32 Å². The van der Waals surface area contributed by atoms with Gasteiger partial charge in [-0.2, -0.15) is 0 Å². The van der Waals surface area contributed by atoms with E-state index in [4.69, 9.17) is 15.9 Å². The van der Waals surface area contributed by atoms with Crippen LogP contribution in [0.25, 0.3) is 0 Å². The third-order valence-electron chi connectivity index (χ3n) is 4.42. The molecular weight excluding hydrogens is 346 g/mol. The first-order chi connectivity index (χ1) is 12.9. The maximum absolute atomic E-state index is 10.6. The molecule has 2 aromatic carbocycles. The van der Waals surface area contributed by atoms with Crippen LogP contribution in [-0.4, -0.2) is 48.3 Å². The summed E-state index contributed by atoms with van der Waals surface area (Å²) in [5, 5.41) is 20.7. The van der Waals surface area contributed by atoms with Crippen molar-refractivity contribution in [2.75, 3.05) is 31.1 Å². The minimum Gasteiger partial charge on any atom is -0.478 e. The molecule has 0 amide bonds. The molecule has 0 saturated carbocycles. The number of nitrogens with zero attached hydrogens (tertiary/aromatic N) is 1. The highest BCUT2D eigenvalue weighted by atomic mass is 16.4. The van der Waals surface area contributed by atoms with Crippen LogP contribution in [0.15, 0.2) is 42.5 Å². The Bertz CT molecular complexity index is 769. The highest BCUT2D eigenvalue weighted by molar-refractivity contribution is 5.96. The van der Waals surface area contributed by atoms with Gasteiger partial charge < -0.3 is 26.2 Å². The first-order valence-corrected chi connectivity index (χ1v) is 8.75. The molecule has 7 heteroatoms. The van der Waals surface area contributed by atoms with E-state index in [1.807, 2.05) is 0 Å². The Morgan fingerprint density at radius 1 is 1.04 bits per heavy atom. The highest BCUT2D eigenvalue weighted by Gasteiger charge is 2.13. The van der Waals surface area contributed by atoms with Crippen molar-refractivity contribution in [1.29, 1.82) is 0 Å². The summed E-state index contributed by atoms with van der Waals surface area (Å²) in [4.78, 5) is 23.6. The van der Waals surface area contributed by atoms with Crippen LogP contribution in [0.4, 0.5) is 5.69 Å². The predicted octanol–water partition coefficient (Wildman–Crippen LogP) is 1.95. The Balaban J connectivity index is 0.000000194. The molecule has 0 bridgehead atoms. The molecule has 0 unspecified atom stereocenters. The number of piperazine rings is 1. The lowest BCUT2D eigenvalue weighted by Crippen LogP contribution is -2.43. The van der Waals surface area contributed by atoms with Crippen molar-refractivity contribution in [2.45, 2.75) is 13.5 Å². The molecule has 27 heavy (non-hydrogen) atoms. The van der Waals surface area contributed by atoms with E-state index < -0.39 is 11.9 Å². The molecule has 7 nitrogen and oxygen atoms in total. The van der Waals surface area contributed by atoms with E-state index in [2.05, 4.69) is 34.5 Å². The number of carboxylic acid groups (broad SMARTS) is 2. The van der Waals surface area contributed by atoms with Gasteiger partial charge in [-0.15, -0.1) is 0 Å². The van der Waals surface area contributed by atoms with E-state index in [9.17, 15) is 9.59 Å². The van der Waals surface area contributed by atoms with Gasteiger partial charge >= 0.3 is 11.9 Å². The van der Waals surface area contributed by atoms with E-state index in [1.54, 1.807) is 0 Å². The number of aromatic carboxylic acids is 2. The second-order valence-corrected chi connectivity index (χ2v) is 6.20. The summed E-state index contributed by atoms with van der Waals surface area (Å²) in [6.07, 6.45) is 0. The predicted molar refractivity (Wildman–Crippen MR) is 105 cm³/mol. The topological polar surface area (TPSA) is 116 Å². The monoisotopic (exact) mass is 371 g/mol. The van der Waals surface area contributed by atoms with Crippen molar-refractivity contribution in [3.63, 3.8) is 0 Å². The van der Waals surface area contributed by atoms with E-state index in [0.29, 0.717) is 6.54 Å². The largest absolute Gasteiger partial charge is 0.478 e. The molecular formula is C20H25N3O4. The fourth-order valence-electron chi connectivity index (χ4n) is 2.90. The third-order valence-corrected chi connectivity index (χ3v) is 4.42. The lowest BCUT2D eigenvalue weighted by atomic mass is 10.0. The normalized spacial score (nSPS) is 13.5. The Hall–Kier alpha value is -2.90. The van der Waals surface area contributed by atoms with Crippen LogP contribution in [0, 0.1) is 6.92 Å². The number of anilines is 1. The smallest absolute Gasteiger partial charge is 0.335 e. The number of carbonyl (C=O) groups is 2. The molecule has 1 saturated heterocycles. The van der Waals surface area contributed by atoms with E-state index in [0.717, 1.165) is 26.2 Å². The molecule has 0 aliphatic carbocycles. The van der Waals surface area contributed by atoms with Crippen molar-refractivity contribution in [2.24, 2.45) is 5.73 Å². The van der Waals surface area contributed by atoms with Crippen LogP contribution in [-0.2, 0) is 6.54 Å². The number of hydrogen-bond acceptors (Lipinski definition) is 5. The molecule has 3 rings (SSSR count). The summed E-state index contributed by atoms with van der Waals surface area (Å²) < 4.78 is 0. The molecule has 1 fully saturated rings. The van der Waals surface area contributed by atoms with E-state index in [-0.39, 0.29) is 16.7 Å². The molecule has 0 spiro atoms. The van der Waals surface area contributed by atoms with Crippen LogP contribution in [0.2, 0.25) is 0 Å².